The number of aryl methyl sites for hydroxylation is 1. The molecule has 0 aliphatic rings. The second kappa shape index (κ2) is 7.82. The molecular formula is C11H18N6O4. The summed E-state index contributed by atoms with van der Waals surface area (Å²) in [5.41, 5.74) is 4.94. The zero-order valence-corrected chi connectivity index (χ0v) is 11.6. The predicted molar refractivity (Wildman–Crippen MR) is 71.1 cm³/mol. The molecule has 0 radical (unpaired) electrons. The third kappa shape index (κ3) is 6.36. The Hall–Kier alpha value is -2.65. The number of carboxylic acids is 1. The van der Waals surface area contributed by atoms with Crippen LogP contribution in [-0.2, 0) is 23.1 Å². The zero-order valence-electron chi connectivity index (χ0n) is 11.6. The van der Waals surface area contributed by atoms with Gasteiger partial charge in [-0.3, -0.25) is 9.48 Å². The number of carbonyl (C=O) groups excluding carboxylic acids is 2. The number of hydrogen-bond acceptors (Lipinski definition) is 5. The first-order chi connectivity index (χ1) is 9.88. The van der Waals surface area contributed by atoms with E-state index in [-0.39, 0.29) is 19.4 Å². The number of primary amides is 1. The first-order valence-electron chi connectivity index (χ1n) is 6.28. The van der Waals surface area contributed by atoms with Crippen LogP contribution in [0.4, 0.5) is 4.79 Å². The number of nitrogens with one attached hydrogen (secondary N) is 2. The van der Waals surface area contributed by atoms with E-state index in [1.807, 2.05) is 0 Å². The number of carboxylic acid groups (broad SMARTS) is 1. The highest BCUT2D eigenvalue weighted by Crippen LogP contribution is 1.97. The number of hydrogen-bond donors (Lipinski definition) is 4. The average Bonchev–Trinajstić information content (AvgIpc) is 2.79. The minimum absolute atomic E-state index is 0.0557. The number of urea groups is 1. The van der Waals surface area contributed by atoms with Crippen LogP contribution in [0.25, 0.3) is 0 Å². The number of carbonyl (C=O) groups is 3. The van der Waals surface area contributed by atoms with E-state index in [1.54, 1.807) is 18.1 Å². The van der Waals surface area contributed by atoms with E-state index in [0.717, 1.165) is 0 Å². The van der Waals surface area contributed by atoms with Crippen molar-refractivity contribution >= 4 is 17.9 Å². The summed E-state index contributed by atoms with van der Waals surface area (Å²) in [7, 11) is 1.73. The molecule has 5 N–H and O–H groups in total. The molecule has 0 unspecified atom stereocenters. The Bertz CT molecular complexity index is 515. The van der Waals surface area contributed by atoms with Crippen molar-refractivity contribution in [3.63, 3.8) is 0 Å². The van der Waals surface area contributed by atoms with Crippen LogP contribution in [0, 0.1) is 0 Å². The van der Waals surface area contributed by atoms with Crippen molar-refractivity contribution in [2.45, 2.75) is 25.3 Å². The largest absolute Gasteiger partial charge is 0.480 e. The van der Waals surface area contributed by atoms with Crippen molar-refractivity contribution < 1.29 is 19.5 Å². The van der Waals surface area contributed by atoms with Gasteiger partial charge in [-0.1, -0.05) is 0 Å². The van der Waals surface area contributed by atoms with Gasteiger partial charge in [0.05, 0.1) is 0 Å². The lowest BCUT2D eigenvalue weighted by molar-refractivity contribution is -0.139. The molecule has 0 saturated heterocycles. The molecule has 21 heavy (non-hydrogen) atoms. The van der Waals surface area contributed by atoms with Crippen molar-refractivity contribution in [1.82, 2.24) is 25.4 Å². The van der Waals surface area contributed by atoms with Gasteiger partial charge in [0.25, 0.3) is 0 Å². The predicted octanol–water partition coefficient (Wildman–Crippen LogP) is -1.62. The van der Waals surface area contributed by atoms with E-state index < -0.39 is 23.9 Å². The lowest BCUT2D eigenvalue weighted by atomic mass is 10.1. The van der Waals surface area contributed by atoms with Gasteiger partial charge in [0, 0.05) is 26.4 Å². The van der Waals surface area contributed by atoms with Crippen molar-refractivity contribution in [3.05, 3.63) is 12.2 Å². The summed E-state index contributed by atoms with van der Waals surface area (Å²) in [5, 5.41) is 17.7. The molecule has 3 amide bonds. The van der Waals surface area contributed by atoms with Crippen LogP contribution in [0.3, 0.4) is 0 Å². The number of aliphatic carboxylic acids is 1. The van der Waals surface area contributed by atoms with Crippen LogP contribution in [0.5, 0.6) is 0 Å². The molecule has 0 aliphatic carbocycles. The molecule has 0 bridgehead atoms. The molecule has 0 aliphatic heterocycles. The average molecular weight is 298 g/mol. The molecular weight excluding hydrogens is 280 g/mol. The first kappa shape index (κ1) is 16.4. The van der Waals surface area contributed by atoms with E-state index >= 15 is 0 Å². The maximum atomic E-state index is 11.6. The van der Waals surface area contributed by atoms with Crippen molar-refractivity contribution in [3.8, 4) is 0 Å². The van der Waals surface area contributed by atoms with Crippen LogP contribution in [0.2, 0.25) is 0 Å². The lowest BCUT2D eigenvalue weighted by Gasteiger charge is -2.14. The van der Waals surface area contributed by atoms with Crippen LogP contribution in [-0.4, -0.2) is 50.4 Å². The highest BCUT2D eigenvalue weighted by Gasteiger charge is 2.20. The molecule has 1 rings (SSSR count). The molecule has 1 aromatic rings. The van der Waals surface area contributed by atoms with Gasteiger partial charge in [-0.25, -0.2) is 14.6 Å². The first-order valence-corrected chi connectivity index (χ1v) is 6.28. The standard InChI is InChI=1S/C11H18N6O4/c1-17-6-14-9(16-17)4-5-13-11(21)15-7(10(19)20)2-3-8(12)18/h6-7H,2-5H2,1H3,(H2,12,18)(H,19,20)(H2,13,15,21)/t7-/m0/s1. The molecule has 1 aromatic heterocycles. The Balaban J connectivity index is 2.32. The minimum atomic E-state index is -1.22. The third-order valence-electron chi connectivity index (χ3n) is 2.56. The number of aromatic nitrogens is 3. The zero-order chi connectivity index (χ0) is 15.8. The van der Waals surface area contributed by atoms with Gasteiger partial charge in [0.1, 0.15) is 12.4 Å². The number of nitrogens with two attached hydrogens (primary N) is 1. The smallest absolute Gasteiger partial charge is 0.326 e. The summed E-state index contributed by atoms with van der Waals surface area (Å²) in [5.74, 6) is -1.27. The quantitative estimate of drug-likeness (QED) is 0.452. The van der Waals surface area contributed by atoms with Gasteiger partial charge in [0.2, 0.25) is 5.91 Å². The fraction of sp³-hybridized carbons (Fsp3) is 0.545. The summed E-state index contributed by atoms with van der Waals surface area (Å²) in [6, 6.07) is -1.80. The van der Waals surface area contributed by atoms with Crippen molar-refractivity contribution in [1.29, 1.82) is 0 Å². The fourth-order valence-corrected chi connectivity index (χ4v) is 1.54. The van der Waals surface area contributed by atoms with Crippen LogP contribution in [0.1, 0.15) is 18.7 Å². The molecule has 1 atom stereocenters. The molecule has 10 nitrogen and oxygen atoms in total. The molecule has 0 spiro atoms. The number of nitrogens with zero attached hydrogens (tertiary/aromatic N) is 3. The summed E-state index contributed by atoms with van der Waals surface area (Å²) >= 11 is 0. The van der Waals surface area contributed by atoms with Crippen molar-refractivity contribution in [2.75, 3.05) is 6.54 Å². The van der Waals surface area contributed by atoms with E-state index in [1.165, 1.54) is 0 Å². The monoisotopic (exact) mass is 298 g/mol. The molecule has 0 aromatic carbocycles. The number of amides is 3. The maximum Gasteiger partial charge on any atom is 0.326 e. The molecule has 10 heteroatoms. The summed E-state index contributed by atoms with van der Waals surface area (Å²) in [6.07, 6.45) is 1.79. The van der Waals surface area contributed by atoms with Gasteiger partial charge >= 0.3 is 12.0 Å². The van der Waals surface area contributed by atoms with E-state index in [9.17, 15) is 14.4 Å². The SMILES string of the molecule is Cn1cnc(CCNC(=O)N[C@@H](CCC(N)=O)C(=O)O)n1. The maximum absolute atomic E-state index is 11.6. The Morgan fingerprint density at radius 1 is 1.48 bits per heavy atom. The Kier molecular flexibility index (Phi) is 6.11. The highest BCUT2D eigenvalue weighted by atomic mass is 16.4. The normalized spacial score (nSPS) is 11.7. The van der Waals surface area contributed by atoms with E-state index in [2.05, 4.69) is 20.7 Å². The Labute approximate surface area is 120 Å². The second-order valence-corrected chi connectivity index (χ2v) is 4.38. The van der Waals surface area contributed by atoms with E-state index in [0.29, 0.717) is 12.2 Å². The topological polar surface area (TPSA) is 152 Å². The van der Waals surface area contributed by atoms with Crippen LogP contribution < -0.4 is 16.4 Å². The Morgan fingerprint density at radius 2 is 2.19 bits per heavy atom. The molecule has 0 fully saturated rings. The molecule has 116 valence electrons. The number of rotatable bonds is 8. The summed E-state index contributed by atoms with van der Waals surface area (Å²) < 4.78 is 1.54. The van der Waals surface area contributed by atoms with Crippen LogP contribution in [0.15, 0.2) is 6.33 Å². The minimum Gasteiger partial charge on any atom is -0.480 e. The summed E-state index contributed by atoms with van der Waals surface area (Å²) in [4.78, 5) is 37.1. The lowest BCUT2D eigenvalue weighted by Crippen LogP contribution is -2.46. The van der Waals surface area contributed by atoms with Gasteiger partial charge in [-0.2, -0.15) is 5.10 Å². The Morgan fingerprint density at radius 3 is 2.71 bits per heavy atom. The fourth-order valence-electron chi connectivity index (χ4n) is 1.54. The third-order valence-corrected chi connectivity index (χ3v) is 2.56. The van der Waals surface area contributed by atoms with Gasteiger partial charge in [-0.15, -0.1) is 0 Å². The summed E-state index contributed by atoms with van der Waals surface area (Å²) in [6.45, 7) is 0.262. The molecule has 1 heterocycles. The van der Waals surface area contributed by atoms with Crippen LogP contribution >= 0.6 is 0 Å². The van der Waals surface area contributed by atoms with Crippen molar-refractivity contribution in [2.24, 2.45) is 12.8 Å². The molecule has 0 saturated carbocycles. The van der Waals surface area contributed by atoms with E-state index in [4.69, 9.17) is 10.8 Å². The van der Waals surface area contributed by atoms with Gasteiger partial charge < -0.3 is 21.5 Å². The van der Waals surface area contributed by atoms with Gasteiger partial charge in [0.15, 0.2) is 5.82 Å². The van der Waals surface area contributed by atoms with Gasteiger partial charge in [-0.05, 0) is 6.42 Å². The highest BCUT2D eigenvalue weighted by molar-refractivity contribution is 5.83. The second-order valence-electron chi connectivity index (χ2n) is 4.38.